The van der Waals surface area contributed by atoms with Crippen LogP contribution in [0.2, 0.25) is 0 Å². The van der Waals surface area contributed by atoms with E-state index in [1.54, 1.807) is 0 Å². The number of nitrogen functional groups attached to an aromatic ring is 1. The highest BCUT2D eigenvalue weighted by Gasteiger charge is 2.40. The molecule has 6 nitrogen and oxygen atoms in total. The Morgan fingerprint density at radius 2 is 1.67 bits per heavy atom. The van der Waals surface area contributed by atoms with E-state index >= 15 is 0 Å². The maximum absolute atomic E-state index is 12.1. The quantitative estimate of drug-likeness (QED) is 0.315. The van der Waals surface area contributed by atoms with Crippen molar-refractivity contribution in [1.82, 2.24) is 0 Å². The number of anilines is 2. The molecule has 0 aliphatic heterocycles. The minimum Gasteiger partial charge on any atom is -0.398 e. The SMILES string of the molecule is Cc1c(Br)ccc([N+](=O)[O-])c1NC(=O)C(F)(F)F.Cc1c(N)cccc1Br. The number of benzene rings is 2. The van der Waals surface area contributed by atoms with Crippen LogP contribution in [0.5, 0.6) is 0 Å². The molecule has 146 valence electrons. The number of hydrogen-bond acceptors (Lipinski definition) is 4. The van der Waals surface area contributed by atoms with E-state index in [1.807, 2.05) is 25.1 Å². The van der Waals surface area contributed by atoms with Crippen molar-refractivity contribution < 1.29 is 22.9 Å². The number of halogens is 5. The number of alkyl halides is 3. The van der Waals surface area contributed by atoms with E-state index in [0.717, 1.165) is 21.8 Å². The minimum atomic E-state index is -5.11. The fourth-order valence-electron chi connectivity index (χ4n) is 1.79. The zero-order valence-electron chi connectivity index (χ0n) is 14.0. The Morgan fingerprint density at radius 1 is 1.11 bits per heavy atom. The van der Waals surface area contributed by atoms with E-state index in [1.165, 1.54) is 18.3 Å². The van der Waals surface area contributed by atoms with Crippen LogP contribution in [0.3, 0.4) is 0 Å². The van der Waals surface area contributed by atoms with Crippen molar-refractivity contribution >= 4 is 54.8 Å². The summed E-state index contributed by atoms with van der Waals surface area (Å²) in [5, 5.41) is 12.2. The molecular formula is C16H14Br2F3N3O3. The number of carbonyl (C=O) groups excluding carboxylic acids is 1. The van der Waals surface area contributed by atoms with Gasteiger partial charge in [0.05, 0.1) is 4.92 Å². The number of nitrogens with zero attached hydrogens (tertiary/aromatic N) is 1. The van der Waals surface area contributed by atoms with Gasteiger partial charge >= 0.3 is 12.1 Å². The van der Waals surface area contributed by atoms with Crippen molar-refractivity contribution in [2.24, 2.45) is 0 Å². The third kappa shape index (κ3) is 6.21. The smallest absolute Gasteiger partial charge is 0.398 e. The summed E-state index contributed by atoms with van der Waals surface area (Å²) in [6, 6.07) is 8.11. The molecule has 0 fully saturated rings. The first kappa shape index (κ1) is 22.9. The van der Waals surface area contributed by atoms with Crippen molar-refractivity contribution in [3.8, 4) is 0 Å². The number of rotatable bonds is 2. The van der Waals surface area contributed by atoms with E-state index in [4.69, 9.17) is 5.73 Å². The molecule has 2 aromatic rings. The standard InChI is InChI=1S/C9H6BrF3N2O3.C7H8BrN/c1-4-5(10)2-3-6(15(17)18)7(4)14-8(16)9(11,12)13;1-5-6(8)3-2-4-7(5)9/h2-3H,1H3,(H,14,16);2-4H,9H2,1H3. The zero-order valence-corrected chi connectivity index (χ0v) is 17.2. The highest BCUT2D eigenvalue weighted by molar-refractivity contribution is 9.10. The lowest BCUT2D eigenvalue weighted by Gasteiger charge is -2.11. The largest absolute Gasteiger partial charge is 0.471 e. The maximum Gasteiger partial charge on any atom is 0.471 e. The fraction of sp³-hybridized carbons (Fsp3) is 0.188. The van der Waals surface area contributed by atoms with Crippen LogP contribution in [-0.4, -0.2) is 17.0 Å². The average molecular weight is 513 g/mol. The summed E-state index contributed by atoms with van der Waals surface area (Å²) in [6.07, 6.45) is -5.11. The molecule has 0 bridgehead atoms. The lowest BCUT2D eigenvalue weighted by molar-refractivity contribution is -0.384. The van der Waals surface area contributed by atoms with Crippen molar-refractivity contribution in [1.29, 1.82) is 0 Å². The normalized spacial score (nSPS) is 10.6. The minimum absolute atomic E-state index is 0.141. The van der Waals surface area contributed by atoms with E-state index in [9.17, 15) is 28.1 Å². The lowest BCUT2D eigenvalue weighted by Crippen LogP contribution is -2.30. The number of nitrogens with two attached hydrogens (primary N) is 1. The van der Waals surface area contributed by atoms with Gasteiger partial charge in [-0.05, 0) is 43.2 Å². The molecule has 0 aliphatic rings. The van der Waals surface area contributed by atoms with Crippen LogP contribution in [0.4, 0.5) is 30.2 Å². The molecular weight excluding hydrogens is 499 g/mol. The summed E-state index contributed by atoms with van der Waals surface area (Å²) < 4.78 is 37.7. The molecule has 0 radical (unpaired) electrons. The topological polar surface area (TPSA) is 98.3 Å². The Balaban J connectivity index is 0.000000337. The first-order valence-electron chi connectivity index (χ1n) is 7.18. The van der Waals surface area contributed by atoms with E-state index < -0.39 is 28.4 Å². The number of nitro benzene ring substituents is 1. The number of nitro groups is 1. The molecule has 0 aromatic heterocycles. The second-order valence-corrected chi connectivity index (χ2v) is 6.94. The number of nitrogens with one attached hydrogen (secondary N) is 1. The highest BCUT2D eigenvalue weighted by atomic mass is 79.9. The molecule has 0 heterocycles. The first-order chi connectivity index (χ1) is 12.4. The molecule has 1 amide bonds. The van der Waals surface area contributed by atoms with Gasteiger partial charge in [0.1, 0.15) is 5.69 Å². The first-order valence-corrected chi connectivity index (χ1v) is 8.77. The second kappa shape index (κ2) is 9.18. The molecule has 2 rings (SSSR count). The Hall–Kier alpha value is -2.14. The molecule has 0 spiro atoms. The van der Waals surface area contributed by atoms with E-state index in [-0.39, 0.29) is 5.56 Å². The predicted octanol–water partition coefficient (Wildman–Crippen LogP) is 5.51. The summed E-state index contributed by atoms with van der Waals surface area (Å²) in [7, 11) is 0. The molecule has 0 saturated heterocycles. The third-order valence-corrected chi connectivity index (χ3v) is 5.10. The van der Waals surface area contributed by atoms with Crippen LogP contribution in [-0.2, 0) is 4.79 Å². The van der Waals surface area contributed by atoms with Gasteiger partial charge in [-0.2, -0.15) is 13.2 Å². The molecule has 11 heteroatoms. The van der Waals surface area contributed by atoms with Gasteiger partial charge in [0.2, 0.25) is 0 Å². The van der Waals surface area contributed by atoms with Gasteiger partial charge in [0.15, 0.2) is 0 Å². The molecule has 0 aliphatic carbocycles. The Kier molecular flexibility index (Phi) is 7.78. The fourth-order valence-corrected chi connectivity index (χ4v) is 2.50. The highest BCUT2D eigenvalue weighted by Crippen LogP contribution is 2.34. The van der Waals surface area contributed by atoms with Gasteiger partial charge in [-0.1, -0.05) is 37.9 Å². The lowest BCUT2D eigenvalue weighted by atomic mass is 10.1. The van der Waals surface area contributed by atoms with Crippen LogP contribution in [0.25, 0.3) is 0 Å². The van der Waals surface area contributed by atoms with Gasteiger partial charge in [0.25, 0.3) is 5.69 Å². The van der Waals surface area contributed by atoms with Gasteiger partial charge in [-0.25, -0.2) is 0 Å². The van der Waals surface area contributed by atoms with E-state index in [0.29, 0.717) is 4.47 Å². The third-order valence-electron chi connectivity index (χ3n) is 3.38. The van der Waals surface area contributed by atoms with Crippen molar-refractivity contribution in [3.63, 3.8) is 0 Å². The molecule has 2 aromatic carbocycles. The monoisotopic (exact) mass is 511 g/mol. The number of hydrogen-bond donors (Lipinski definition) is 2. The summed E-state index contributed by atoms with van der Waals surface area (Å²) in [4.78, 5) is 20.6. The van der Waals surface area contributed by atoms with Crippen LogP contribution in [0.15, 0.2) is 39.3 Å². The Labute approximate surface area is 169 Å². The predicted molar refractivity (Wildman–Crippen MR) is 104 cm³/mol. The Bertz CT molecular complexity index is 854. The van der Waals surface area contributed by atoms with Gasteiger partial charge in [-0.3, -0.25) is 14.9 Å². The molecule has 3 N–H and O–H groups in total. The molecule has 0 saturated carbocycles. The summed E-state index contributed by atoms with van der Waals surface area (Å²) >= 11 is 6.38. The van der Waals surface area contributed by atoms with Crippen molar-refractivity contribution in [3.05, 3.63) is 60.5 Å². The summed E-state index contributed by atoms with van der Waals surface area (Å²) in [5.41, 5.74) is 6.60. The van der Waals surface area contributed by atoms with Crippen LogP contribution < -0.4 is 11.1 Å². The molecule has 0 unspecified atom stereocenters. The average Bonchev–Trinajstić information content (AvgIpc) is 2.56. The number of amides is 1. The number of carbonyl (C=O) groups is 1. The second-order valence-electron chi connectivity index (χ2n) is 5.23. The molecule has 0 atom stereocenters. The van der Waals surface area contributed by atoms with Gasteiger partial charge in [-0.15, -0.1) is 0 Å². The van der Waals surface area contributed by atoms with Crippen molar-refractivity contribution in [2.75, 3.05) is 11.1 Å². The summed E-state index contributed by atoms with van der Waals surface area (Å²) in [5.74, 6) is -2.26. The van der Waals surface area contributed by atoms with Crippen molar-refractivity contribution in [2.45, 2.75) is 20.0 Å². The Morgan fingerprint density at radius 3 is 2.11 bits per heavy atom. The maximum atomic E-state index is 12.1. The summed E-state index contributed by atoms with van der Waals surface area (Å²) in [6.45, 7) is 3.34. The van der Waals surface area contributed by atoms with Gasteiger partial charge < -0.3 is 11.1 Å². The van der Waals surface area contributed by atoms with Crippen LogP contribution in [0.1, 0.15) is 11.1 Å². The van der Waals surface area contributed by atoms with E-state index in [2.05, 4.69) is 31.9 Å². The van der Waals surface area contributed by atoms with Crippen LogP contribution >= 0.6 is 31.9 Å². The molecule has 27 heavy (non-hydrogen) atoms. The van der Waals surface area contributed by atoms with Gasteiger partial charge in [0, 0.05) is 20.7 Å². The van der Waals surface area contributed by atoms with Crippen LogP contribution in [0, 0.1) is 24.0 Å². The zero-order chi connectivity index (χ0) is 20.9.